The first kappa shape index (κ1) is 19.7. The summed E-state index contributed by atoms with van der Waals surface area (Å²) >= 11 is 0. The van der Waals surface area contributed by atoms with Crippen LogP contribution in [0.4, 0.5) is 0 Å². The van der Waals surface area contributed by atoms with Crippen molar-refractivity contribution in [2.75, 3.05) is 20.2 Å². The predicted molar refractivity (Wildman–Crippen MR) is 117 cm³/mol. The molecule has 1 amide bonds. The standard InChI is InChI=1S/C25H27N3O4/c1-23(2)20-18(7-5-11-26-20)24(32-23)9-12-28(13-10-24)22-27-21(29)25(31-22)14-16-6-4-8-19(30-3)17(16)15-25/h4-8,11H,9-10,12-15H2,1-3H3. The second-order valence-corrected chi connectivity index (χ2v) is 9.74. The van der Waals surface area contributed by atoms with Crippen LogP contribution in [0.15, 0.2) is 41.5 Å². The van der Waals surface area contributed by atoms with Gasteiger partial charge in [0.1, 0.15) is 11.4 Å². The maximum absolute atomic E-state index is 13.0. The molecule has 1 atom stereocenters. The quantitative estimate of drug-likeness (QED) is 0.688. The molecule has 0 bridgehead atoms. The van der Waals surface area contributed by atoms with Crippen molar-refractivity contribution >= 4 is 11.9 Å². The van der Waals surface area contributed by atoms with Crippen LogP contribution in [0.2, 0.25) is 0 Å². The number of amidine groups is 1. The first-order valence-corrected chi connectivity index (χ1v) is 11.2. The van der Waals surface area contributed by atoms with E-state index < -0.39 is 11.2 Å². The molecule has 2 aromatic rings. The Labute approximate surface area is 187 Å². The Hall–Kier alpha value is -2.93. The van der Waals surface area contributed by atoms with E-state index >= 15 is 0 Å². The van der Waals surface area contributed by atoms with Gasteiger partial charge in [-0.05, 0) is 44.4 Å². The first-order chi connectivity index (χ1) is 15.4. The summed E-state index contributed by atoms with van der Waals surface area (Å²) in [4.78, 5) is 24.1. The van der Waals surface area contributed by atoms with Gasteiger partial charge in [0.05, 0.1) is 18.4 Å². The molecular formula is C25H27N3O4. The Bertz CT molecular complexity index is 1150. The number of hydrogen-bond donors (Lipinski definition) is 0. The van der Waals surface area contributed by atoms with Crippen molar-refractivity contribution in [3.63, 3.8) is 0 Å². The van der Waals surface area contributed by atoms with Gasteiger partial charge in [-0.3, -0.25) is 9.78 Å². The summed E-state index contributed by atoms with van der Waals surface area (Å²) < 4.78 is 18.4. The van der Waals surface area contributed by atoms with Crippen LogP contribution in [0.25, 0.3) is 0 Å². The van der Waals surface area contributed by atoms with Gasteiger partial charge in [0.25, 0.3) is 11.9 Å². The molecule has 166 valence electrons. The van der Waals surface area contributed by atoms with Crippen molar-refractivity contribution in [3.8, 4) is 5.75 Å². The SMILES string of the molecule is COc1cccc2c1CC1(C2)OC(N2CCC3(CC2)OC(C)(C)c2ncccc23)=NC1=O. The molecule has 1 aliphatic carbocycles. The smallest absolute Gasteiger partial charge is 0.296 e. The monoisotopic (exact) mass is 433 g/mol. The molecule has 0 N–H and O–H groups in total. The minimum atomic E-state index is -0.941. The number of methoxy groups -OCH3 is 1. The van der Waals surface area contributed by atoms with Gasteiger partial charge < -0.3 is 19.1 Å². The summed E-state index contributed by atoms with van der Waals surface area (Å²) in [6.45, 7) is 5.59. The lowest BCUT2D eigenvalue weighted by Gasteiger charge is -2.41. The summed E-state index contributed by atoms with van der Waals surface area (Å²) in [5.41, 5.74) is 2.65. The molecule has 32 heavy (non-hydrogen) atoms. The predicted octanol–water partition coefficient (Wildman–Crippen LogP) is 3.10. The van der Waals surface area contributed by atoms with E-state index in [-0.39, 0.29) is 11.5 Å². The van der Waals surface area contributed by atoms with E-state index in [4.69, 9.17) is 14.2 Å². The van der Waals surface area contributed by atoms with Gasteiger partial charge in [0.2, 0.25) is 5.60 Å². The van der Waals surface area contributed by atoms with Crippen LogP contribution < -0.4 is 4.74 Å². The van der Waals surface area contributed by atoms with Gasteiger partial charge in [-0.2, -0.15) is 4.99 Å². The average molecular weight is 434 g/mol. The molecule has 7 nitrogen and oxygen atoms in total. The second kappa shape index (κ2) is 6.54. The largest absolute Gasteiger partial charge is 0.496 e. The summed E-state index contributed by atoms with van der Waals surface area (Å²) in [5.74, 6) is 0.608. The summed E-state index contributed by atoms with van der Waals surface area (Å²) in [6, 6.07) is 10.5. The van der Waals surface area contributed by atoms with Crippen LogP contribution >= 0.6 is 0 Å². The molecule has 4 aliphatic rings. The van der Waals surface area contributed by atoms with Gasteiger partial charge >= 0.3 is 0 Å². The number of pyridine rings is 1. The average Bonchev–Trinajstić information content (AvgIpc) is 3.39. The normalized spacial score (nSPS) is 26.8. The number of carbonyl (C=O) groups excluding carboxylic acids is 1. The Morgan fingerprint density at radius 2 is 1.88 bits per heavy atom. The maximum Gasteiger partial charge on any atom is 0.296 e. The molecule has 1 saturated heterocycles. The van der Waals surface area contributed by atoms with Crippen molar-refractivity contribution in [1.29, 1.82) is 0 Å². The zero-order valence-corrected chi connectivity index (χ0v) is 18.7. The molecule has 1 unspecified atom stereocenters. The molecule has 1 fully saturated rings. The van der Waals surface area contributed by atoms with Crippen LogP contribution in [0.1, 0.15) is 49.1 Å². The molecule has 2 spiro atoms. The molecule has 6 rings (SSSR count). The van der Waals surface area contributed by atoms with Gasteiger partial charge in [-0.25, -0.2) is 0 Å². The highest BCUT2D eigenvalue weighted by molar-refractivity contribution is 6.02. The van der Waals surface area contributed by atoms with E-state index in [2.05, 4.69) is 34.8 Å². The van der Waals surface area contributed by atoms with E-state index in [9.17, 15) is 4.79 Å². The number of hydrogen-bond acceptors (Lipinski definition) is 6. The first-order valence-electron chi connectivity index (χ1n) is 11.2. The van der Waals surface area contributed by atoms with Gasteiger partial charge in [-0.1, -0.05) is 18.2 Å². The van der Waals surface area contributed by atoms with Crippen LogP contribution in [0.5, 0.6) is 5.75 Å². The number of aliphatic imine (C=N–C) groups is 1. The fraction of sp³-hybridized carbons (Fsp3) is 0.480. The number of benzene rings is 1. The van der Waals surface area contributed by atoms with E-state index in [1.54, 1.807) is 7.11 Å². The number of fused-ring (bicyclic) bond motifs is 3. The number of ether oxygens (including phenoxy) is 3. The fourth-order valence-corrected chi connectivity index (χ4v) is 5.89. The summed E-state index contributed by atoms with van der Waals surface area (Å²) in [5, 5.41) is 0. The maximum atomic E-state index is 13.0. The number of carbonyl (C=O) groups is 1. The minimum absolute atomic E-state index is 0.196. The molecule has 1 aromatic carbocycles. The van der Waals surface area contributed by atoms with Crippen molar-refractivity contribution in [2.24, 2.45) is 4.99 Å². The lowest BCUT2D eigenvalue weighted by Crippen LogP contribution is -2.47. The molecule has 0 saturated carbocycles. The van der Waals surface area contributed by atoms with Crippen LogP contribution in [-0.4, -0.2) is 47.6 Å². The topological polar surface area (TPSA) is 73.2 Å². The third-order valence-corrected chi connectivity index (χ3v) is 7.42. The van der Waals surface area contributed by atoms with Gasteiger partial charge in [0.15, 0.2) is 0 Å². The number of rotatable bonds is 1. The number of nitrogens with zero attached hydrogens (tertiary/aromatic N) is 3. The Morgan fingerprint density at radius 3 is 2.66 bits per heavy atom. The Kier molecular flexibility index (Phi) is 4.03. The highest BCUT2D eigenvalue weighted by Gasteiger charge is 2.55. The third kappa shape index (κ3) is 2.67. The molecular weight excluding hydrogens is 406 g/mol. The lowest BCUT2D eigenvalue weighted by molar-refractivity contribution is -0.148. The zero-order valence-electron chi connectivity index (χ0n) is 18.7. The van der Waals surface area contributed by atoms with E-state index in [0.717, 1.165) is 35.4 Å². The summed E-state index contributed by atoms with van der Waals surface area (Å²) in [6.07, 6.45) is 4.45. The van der Waals surface area contributed by atoms with Gasteiger partial charge in [-0.15, -0.1) is 0 Å². The van der Waals surface area contributed by atoms with Crippen LogP contribution in [0.3, 0.4) is 0 Å². The van der Waals surface area contributed by atoms with E-state index in [1.165, 1.54) is 5.56 Å². The molecule has 4 heterocycles. The van der Waals surface area contributed by atoms with Crippen molar-refractivity contribution in [2.45, 2.75) is 56.3 Å². The minimum Gasteiger partial charge on any atom is -0.496 e. The van der Waals surface area contributed by atoms with Crippen LogP contribution in [0, 0.1) is 0 Å². The van der Waals surface area contributed by atoms with Crippen molar-refractivity contribution in [1.82, 2.24) is 9.88 Å². The fourth-order valence-electron chi connectivity index (χ4n) is 5.89. The Balaban J connectivity index is 1.20. The molecule has 3 aliphatic heterocycles. The zero-order chi connectivity index (χ0) is 22.1. The van der Waals surface area contributed by atoms with Crippen molar-refractivity contribution < 1.29 is 19.0 Å². The van der Waals surface area contributed by atoms with Crippen molar-refractivity contribution in [3.05, 3.63) is 58.9 Å². The number of likely N-dealkylation sites (tertiary alicyclic amines) is 1. The lowest BCUT2D eigenvalue weighted by atomic mass is 9.84. The second-order valence-electron chi connectivity index (χ2n) is 9.74. The summed E-state index contributed by atoms with van der Waals surface area (Å²) in [7, 11) is 1.66. The Morgan fingerprint density at radius 1 is 1.06 bits per heavy atom. The highest BCUT2D eigenvalue weighted by atomic mass is 16.5. The van der Waals surface area contributed by atoms with E-state index in [1.807, 2.05) is 30.5 Å². The van der Waals surface area contributed by atoms with Crippen LogP contribution in [-0.2, 0) is 38.3 Å². The number of amides is 1. The number of aromatic nitrogens is 1. The molecule has 7 heteroatoms. The molecule has 1 aromatic heterocycles. The highest BCUT2D eigenvalue weighted by Crippen LogP contribution is 2.51. The van der Waals surface area contributed by atoms with Gasteiger partial charge in [0, 0.05) is 43.3 Å². The third-order valence-electron chi connectivity index (χ3n) is 7.42. The van der Waals surface area contributed by atoms with E-state index in [0.29, 0.717) is 32.0 Å². The number of piperidine rings is 1. The molecule has 0 radical (unpaired) electrons.